The maximum atomic E-state index is 12.9. The highest BCUT2D eigenvalue weighted by Crippen LogP contribution is 2.34. The predicted molar refractivity (Wildman–Crippen MR) is 123 cm³/mol. The molecule has 1 aromatic carbocycles. The fourth-order valence-electron chi connectivity index (χ4n) is 4.04. The predicted octanol–water partition coefficient (Wildman–Crippen LogP) is 2.38. The number of benzene rings is 1. The highest BCUT2D eigenvalue weighted by Gasteiger charge is 2.36. The van der Waals surface area contributed by atoms with Crippen LogP contribution in [0, 0.1) is 5.41 Å². The van der Waals surface area contributed by atoms with Crippen LogP contribution in [0.2, 0.25) is 0 Å². The monoisotopic (exact) mass is 450 g/mol. The van der Waals surface area contributed by atoms with Crippen molar-refractivity contribution in [2.24, 2.45) is 0 Å². The number of rotatable bonds is 5. The summed E-state index contributed by atoms with van der Waals surface area (Å²) in [6.45, 7) is 1.76. The van der Waals surface area contributed by atoms with Crippen molar-refractivity contribution in [1.82, 2.24) is 15.2 Å². The molecule has 0 aliphatic carbocycles. The van der Waals surface area contributed by atoms with Crippen LogP contribution in [0.1, 0.15) is 22.3 Å². The van der Waals surface area contributed by atoms with Gasteiger partial charge in [0.2, 0.25) is 0 Å². The first-order valence-corrected chi connectivity index (χ1v) is 11.1. The SMILES string of the molecule is COc1ccc2c(c1)C(=O)N(C1NC(C(=O)Nc3cnccc3N3CCC(=N)C3)=CS1)C2. The molecule has 0 radical (unpaired) electrons. The molecule has 3 N–H and O–H groups in total. The van der Waals surface area contributed by atoms with E-state index in [0.717, 1.165) is 24.2 Å². The summed E-state index contributed by atoms with van der Waals surface area (Å²) in [7, 11) is 1.57. The van der Waals surface area contributed by atoms with Crippen LogP contribution < -0.4 is 20.3 Å². The number of anilines is 2. The second-order valence-corrected chi connectivity index (χ2v) is 8.70. The highest BCUT2D eigenvalue weighted by atomic mass is 32.2. The Morgan fingerprint density at radius 2 is 2.22 bits per heavy atom. The first kappa shape index (κ1) is 20.4. The van der Waals surface area contributed by atoms with Crippen molar-refractivity contribution in [2.75, 3.05) is 30.4 Å². The fourth-order valence-corrected chi connectivity index (χ4v) is 4.99. The van der Waals surface area contributed by atoms with E-state index in [9.17, 15) is 9.59 Å². The average molecular weight is 451 g/mol. The van der Waals surface area contributed by atoms with E-state index in [1.54, 1.807) is 35.9 Å². The fraction of sp³-hybridized carbons (Fsp3) is 0.273. The molecule has 2 aromatic rings. The van der Waals surface area contributed by atoms with Crippen molar-refractivity contribution in [1.29, 1.82) is 5.41 Å². The molecule has 0 bridgehead atoms. The number of carbonyl (C=O) groups excluding carboxylic acids is 2. The zero-order valence-corrected chi connectivity index (χ0v) is 18.2. The van der Waals surface area contributed by atoms with Gasteiger partial charge >= 0.3 is 0 Å². The van der Waals surface area contributed by atoms with Crippen LogP contribution in [0.15, 0.2) is 47.8 Å². The van der Waals surface area contributed by atoms with Crippen molar-refractivity contribution in [3.8, 4) is 5.75 Å². The Labute approximate surface area is 189 Å². The largest absolute Gasteiger partial charge is 0.497 e. The molecule has 1 saturated heterocycles. The third-order valence-corrected chi connectivity index (χ3v) is 6.72. The third kappa shape index (κ3) is 3.66. The van der Waals surface area contributed by atoms with Gasteiger partial charge in [-0.2, -0.15) is 0 Å². The molecule has 0 saturated carbocycles. The minimum atomic E-state index is -0.367. The Morgan fingerprint density at radius 3 is 3.00 bits per heavy atom. The third-order valence-electron chi connectivity index (χ3n) is 5.72. The van der Waals surface area contributed by atoms with E-state index < -0.39 is 0 Å². The lowest BCUT2D eigenvalue weighted by atomic mass is 10.1. The number of amides is 2. The van der Waals surface area contributed by atoms with Gasteiger partial charge in [0, 0.05) is 42.4 Å². The van der Waals surface area contributed by atoms with Crippen molar-refractivity contribution in [2.45, 2.75) is 18.5 Å². The number of carbonyl (C=O) groups is 2. The normalized spacial score (nSPS) is 19.7. The van der Waals surface area contributed by atoms with Crippen LogP contribution in [-0.2, 0) is 11.3 Å². The minimum Gasteiger partial charge on any atom is -0.497 e. The second kappa shape index (κ2) is 8.19. The van der Waals surface area contributed by atoms with E-state index in [2.05, 4.69) is 20.5 Å². The van der Waals surface area contributed by atoms with E-state index in [1.807, 2.05) is 18.2 Å². The van der Waals surface area contributed by atoms with E-state index in [0.29, 0.717) is 41.5 Å². The lowest BCUT2D eigenvalue weighted by Gasteiger charge is -2.24. The maximum absolute atomic E-state index is 12.9. The molecule has 1 atom stereocenters. The molecule has 9 nitrogen and oxygen atoms in total. The molecule has 1 unspecified atom stereocenters. The van der Waals surface area contributed by atoms with Crippen LogP contribution in [0.25, 0.3) is 0 Å². The number of thioether (sulfide) groups is 1. The zero-order valence-electron chi connectivity index (χ0n) is 17.4. The van der Waals surface area contributed by atoms with E-state index >= 15 is 0 Å². The summed E-state index contributed by atoms with van der Waals surface area (Å²) in [4.78, 5) is 33.7. The number of aromatic nitrogens is 1. The van der Waals surface area contributed by atoms with Crippen molar-refractivity contribution in [3.05, 3.63) is 58.9 Å². The molecular weight excluding hydrogens is 428 g/mol. The molecule has 4 heterocycles. The lowest BCUT2D eigenvalue weighted by molar-refractivity contribution is -0.113. The molecular formula is C22H22N6O3S. The van der Waals surface area contributed by atoms with Gasteiger partial charge in [0.25, 0.3) is 11.8 Å². The van der Waals surface area contributed by atoms with Crippen LogP contribution in [0.4, 0.5) is 11.4 Å². The number of hydrogen-bond acceptors (Lipinski definition) is 8. The number of pyridine rings is 1. The summed E-state index contributed by atoms with van der Waals surface area (Å²) < 4.78 is 5.23. The average Bonchev–Trinajstić information content (AvgIpc) is 3.53. The summed E-state index contributed by atoms with van der Waals surface area (Å²) in [5, 5.41) is 15.7. The Morgan fingerprint density at radius 1 is 1.34 bits per heavy atom. The smallest absolute Gasteiger partial charge is 0.272 e. The van der Waals surface area contributed by atoms with Gasteiger partial charge in [-0.25, -0.2) is 0 Å². The molecule has 164 valence electrons. The number of hydrogen-bond donors (Lipinski definition) is 3. The first-order valence-electron chi connectivity index (χ1n) is 10.2. The van der Waals surface area contributed by atoms with E-state index in [1.165, 1.54) is 11.8 Å². The van der Waals surface area contributed by atoms with Gasteiger partial charge in [-0.15, -0.1) is 0 Å². The summed E-state index contributed by atoms with van der Waals surface area (Å²) >= 11 is 1.39. The lowest BCUT2D eigenvalue weighted by Crippen LogP contribution is -2.42. The Balaban J connectivity index is 1.25. The van der Waals surface area contributed by atoms with Gasteiger partial charge in [0.05, 0.1) is 31.2 Å². The van der Waals surface area contributed by atoms with Crippen LogP contribution in [0.3, 0.4) is 0 Å². The molecule has 3 aliphatic heterocycles. The van der Waals surface area contributed by atoms with Crippen molar-refractivity contribution < 1.29 is 14.3 Å². The summed E-state index contributed by atoms with van der Waals surface area (Å²) in [5.74, 6) is 0.254. The quantitative estimate of drug-likeness (QED) is 0.641. The van der Waals surface area contributed by atoms with Crippen molar-refractivity contribution >= 4 is 40.7 Å². The number of nitrogens with zero attached hydrogens (tertiary/aromatic N) is 3. The highest BCUT2D eigenvalue weighted by molar-refractivity contribution is 8.02. The molecule has 3 aliphatic rings. The second-order valence-electron chi connectivity index (χ2n) is 7.74. The first-order chi connectivity index (χ1) is 15.5. The molecule has 0 spiro atoms. The Kier molecular flexibility index (Phi) is 5.22. The molecule has 32 heavy (non-hydrogen) atoms. The number of nitrogens with one attached hydrogen (secondary N) is 3. The molecule has 10 heteroatoms. The molecule has 1 aromatic heterocycles. The number of methoxy groups -OCH3 is 1. The maximum Gasteiger partial charge on any atom is 0.272 e. The van der Waals surface area contributed by atoms with Crippen LogP contribution in [0.5, 0.6) is 5.75 Å². The van der Waals surface area contributed by atoms with Gasteiger partial charge in [0.1, 0.15) is 11.4 Å². The number of ether oxygens (including phenoxy) is 1. The standard InChI is InChI=1S/C22H22N6O3S/c1-31-15-3-2-13-10-28(21(30)16(13)8-15)22-26-18(12-32-22)20(29)25-17-9-24-6-4-19(17)27-7-5-14(23)11-27/h2-4,6,8-9,12,22-23,26H,5,7,10-11H2,1H3,(H,25,29). The van der Waals surface area contributed by atoms with Gasteiger partial charge in [-0.1, -0.05) is 17.8 Å². The van der Waals surface area contributed by atoms with Crippen LogP contribution in [-0.4, -0.2) is 53.1 Å². The number of fused-ring (bicyclic) bond motifs is 1. The van der Waals surface area contributed by atoms with Gasteiger partial charge in [-0.05, 0) is 23.8 Å². The Hall–Kier alpha value is -3.53. The summed E-state index contributed by atoms with van der Waals surface area (Å²) in [6.07, 6.45) is 4.01. The van der Waals surface area contributed by atoms with Crippen LogP contribution >= 0.6 is 11.8 Å². The van der Waals surface area contributed by atoms with Gasteiger partial charge in [-0.3, -0.25) is 14.6 Å². The zero-order chi connectivity index (χ0) is 22.2. The molecule has 2 amide bonds. The summed E-state index contributed by atoms with van der Waals surface area (Å²) in [5.41, 5.74) is 3.71. The topological polar surface area (TPSA) is 111 Å². The Bertz CT molecular complexity index is 1150. The van der Waals surface area contributed by atoms with Crippen molar-refractivity contribution in [3.63, 3.8) is 0 Å². The molecule has 1 fully saturated rings. The van der Waals surface area contributed by atoms with Gasteiger partial charge in [0.15, 0.2) is 5.50 Å². The minimum absolute atomic E-state index is 0.0926. The van der Waals surface area contributed by atoms with E-state index in [4.69, 9.17) is 10.1 Å². The van der Waals surface area contributed by atoms with Gasteiger partial charge < -0.3 is 30.6 Å². The molecule has 5 rings (SSSR count). The van der Waals surface area contributed by atoms with E-state index in [-0.39, 0.29) is 17.3 Å². The summed E-state index contributed by atoms with van der Waals surface area (Å²) in [6, 6.07) is 7.33.